The predicted octanol–water partition coefficient (Wildman–Crippen LogP) is 2.32. The molecule has 1 saturated carbocycles. The van der Waals surface area contributed by atoms with Crippen LogP contribution in [0.15, 0.2) is 6.07 Å². The molecular formula is C16H26N4. The third kappa shape index (κ3) is 3.48. The summed E-state index contributed by atoms with van der Waals surface area (Å²) in [6.45, 7) is 7.63. The minimum absolute atomic E-state index is 0.838. The molecule has 1 N–H and O–H groups in total. The number of hydrogen-bond acceptors (Lipinski definition) is 4. The SMILES string of the molecule is CCc1cc(N2CCC(CNC3CC3)CC2)nc(C)n1. The first-order chi connectivity index (χ1) is 9.74. The first kappa shape index (κ1) is 13.8. The smallest absolute Gasteiger partial charge is 0.132 e. The van der Waals surface area contributed by atoms with Crippen molar-refractivity contribution < 1.29 is 0 Å². The molecule has 0 spiro atoms. The van der Waals surface area contributed by atoms with Gasteiger partial charge in [-0.3, -0.25) is 0 Å². The van der Waals surface area contributed by atoms with E-state index in [0.717, 1.165) is 48.8 Å². The highest BCUT2D eigenvalue weighted by Gasteiger charge is 2.24. The van der Waals surface area contributed by atoms with Crippen molar-refractivity contribution in [3.8, 4) is 0 Å². The van der Waals surface area contributed by atoms with Crippen LogP contribution in [0.4, 0.5) is 5.82 Å². The molecule has 0 atom stereocenters. The monoisotopic (exact) mass is 274 g/mol. The zero-order chi connectivity index (χ0) is 13.9. The summed E-state index contributed by atoms with van der Waals surface area (Å²) in [5.41, 5.74) is 1.16. The van der Waals surface area contributed by atoms with Crippen LogP contribution in [-0.4, -0.2) is 35.6 Å². The molecule has 0 aromatic carbocycles. The third-order valence-electron chi connectivity index (χ3n) is 4.45. The Bertz CT molecular complexity index is 448. The number of rotatable bonds is 5. The summed E-state index contributed by atoms with van der Waals surface area (Å²) in [6.07, 6.45) is 6.32. The Balaban J connectivity index is 1.55. The molecule has 1 aliphatic heterocycles. The zero-order valence-electron chi connectivity index (χ0n) is 12.7. The van der Waals surface area contributed by atoms with Crippen molar-refractivity contribution in [2.75, 3.05) is 24.5 Å². The molecule has 3 rings (SSSR count). The maximum absolute atomic E-state index is 4.61. The fourth-order valence-electron chi connectivity index (χ4n) is 2.94. The van der Waals surface area contributed by atoms with Gasteiger partial charge in [0.2, 0.25) is 0 Å². The van der Waals surface area contributed by atoms with Crippen LogP contribution < -0.4 is 10.2 Å². The topological polar surface area (TPSA) is 41.0 Å². The fraction of sp³-hybridized carbons (Fsp3) is 0.750. The Labute approximate surface area is 122 Å². The maximum Gasteiger partial charge on any atom is 0.132 e. The van der Waals surface area contributed by atoms with Gasteiger partial charge in [-0.25, -0.2) is 9.97 Å². The summed E-state index contributed by atoms with van der Waals surface area (Å²) in [5.74, 6) is 2.88. The molecule has 20 heavy (non-hydrogen) atoms. The van der Waals surface area contributed by atoms with E-state index < -0.39 is 0 Å². The Morgan fingerprint density at radius 2 is 1.95 bits per heavy atom. The van der Waals surface area contributed by atoms with Crippen molar-refractivity contribution in [1.82, 2.24) is 15.3 Å². The number of piperidine rings is 1. The van der Waals surface area contributed by atoms with Crippen LogP contribution in [-0.2, 0) is 6.42 Å². The molecular weight excluding hydrogens is 248 g/mol. The zero-order valence-corrected chi connectivity index (χ0v) is 12.7. The normalized spacial score (nSPS) is 20.4. The number of nitrogens with one attached hydrogen (secondary N) is 1. The number of nitrogens with zero attached hydrogens (tertiary/aromatic N) is 3. The quantitative estimate of drug-likeness (QED) is 0.894. The van der Waals surface area contributed by atoms with Crippen LogP contribution in [0.25, 0.3) is 0 Å². The van der Waals surface area contributed by atoms with E-state index >= 15 is 0 Å². The van der Waals surface area contributed by atoms with Crippen molar-refractivity contribution >= 4 is 5.82 Å². The van der Waals surface area contributed by atoms with E-state index in [1.165, 1.54) is 32.2 Å². The second-order valence-electron chi connectivity index (χ2n) is 6.23. The standard InChI is InChI=1S/C16H26N4/c1-3-14-10-16(19-12(2)18-14)20-8-6-13(7-9-20)11-17-15-4-5-15/h10,13,15,17H,3-9,11H2,1-2H3. The second-order valence-corrected chi connectivity index (χ2v) is 6.23. The van der Waals surface area contributed by atoms with Crippen LogP contribution in [0.3, 0.4) is 0 Å². The van der Waals surface area contributed by atoms with Crippen molar-refractivity contribution in [3.63, 3.8) is 0 Å². The maximum atomic E-state index is 4.61. The van der Waals surface area contributed by atoms with Crippen LogP contribution >= 0.6 is 0 Å². The largest absolute Gasteiger partial charge is 0.356 e. The first-order valence-electron chi connectivity index (χ1n) is 8.07. The average molecular weight is 274 g/mol. The fourth-order valence-corrected chi connectivity index (χ4v) is 2.94. The highest BCUT2D eigenvalue weighted by molar-refractivity contribution is 5.40. The van der Waals surface area contributed by atoms with Gasteiger partial charge >= 0.3 is 0 Å². The molecule has 2 aliphatic rings. The number of anilines is 1. The molecule has 0 amide bonds. The second kappa shape index (κ2) is 6.08. The van der Waals surface area contributed by atoms with Crippen LogP contribution in [0.5, 0.6) is 0 Å². The lowest BCUT2D eigenvalue weighted by Gasteiger charge is -2.33. The summed E-state index contributed by atoms with van der Waals surface area (Å²) in [6, 6.07) is 3.00. The van der Waals surface area contributed by atoms with E-state index in [1.807, 2.05) is 6.92 Å². The summed E-state index contributed by atoms with van der Waals surface area (Å²) < 4.78 is 0. The van der Waals surface area contributed by atoms with E-state index in [0.29, 0.717) is 0 Å². The van der Waals surface area contributed by atoms with Crippen molar-refractivity contribution in [2.24, 2.45) is 5.92 Å². The first-order valence-corrected chi connectivity index (χ1v) is 8.07. The van der Waals surface area contributed by atoms with Gasteiger partial charge in [-0.2, -0.15) is 0 Å². The van der Waals surface area contributed by atoms with Crippen LogP contribution in [0.1, 0.15) is 44.1 Å². The number of aryl methyl sites for hydroxylation is 2. The molecule has 1 aromatic rings. The van der Waals surface area contributed by atoms with Gasteiger partial charge in [-0.1, -0.05) is 6.92 Å². The van der Waals surface area contributed by atoms with Crippen molar-refractivity contribution in [3.05, 3.63) is 17.6 Å². The molecule has 4 nitrogen and oxygen atoms in total. The average Bonchev–Trinajstić information content (AvgIpc) is 3.29. The molecule has 1 aromatic heterocycles. The predicted molar refractivity (Wildman–Crippen MR) is 82.1 cm³/mol. The molecule has 0 bridgehead atoms. The highest BCUT2D eigenvalue weighted by atomic mass is 15.2. The minimum atomic E-state index is 0.838. The molecule has 0 radical (unpaired) electrons. The van der Waals surface area contributed by atoms with Gasteiger partial charge in [0.25, 0.3) is 0 Å². The molecule has 0 unspecified atom stereocenters. The van der Waals surface area contributed by atoms with Gasteiger partial charge < -0.3 is 10.2 Å². The van der Waals surface area contributed by atoms with Gasteiger partial charge in [-0.05, 0) is 51.5 Å². The lowest BCUT2D eigenvalue weighted by molar-refractivity contribution is 0.380. The lowest BCUT2D eigenvalue weighted by Crippen LogP contribution is -2.38. The molecule has 2 heterocycles. The summed E-state index contributed by atoms with van der Waals surface area (Å²) in [7, 11) is 0. The van der Waals surface area contributed by atoms with Crippen molar-refractivity contribution in [1.29, 1.82) is 0 Å². The summed E-state index contributed by atoms with van der Waals surface area (Å²) in [5, 5.41) is 3.66. The minimum Gasteiger partial charge on any atom is -0.356 e. The van der Waals surface area contributed by atoms with E-state index in [4.69, 9.17) is 0 Å². The van der Waals surface area contributed by atoms with Gasteiger partial charge in [-0.15, -0.1) is 0 Å². The van der Waals surface area contributed by atoms with Crippen LogP contribution in [0, 0.1) is 12.8 Å². The Kier molecular flexibility index (Phi) is 4.20. The molecule has 4 heteroatoms. The Hall–Kier alpha value is -1.16. The van der Waals surface area contributed by atoms with E-state index in [9.17, 15) is 0 Å². The van der Waals surface area contributed by atoms with Crippen LogP contribution in [0.2, 0.25) is 0 Å². The van der Waals surface area contributed by atoms with E-state index in [1.54, 1.807) is 0 Å². The van der Waals surface area contributed by atoms with Crippen molar-refractivity contribution in [2.45, 2.75) is 52.0 Å². The van der Waals surface area contributed by atoms with Gasteiger partial charge in [0.1, 0.15) is 11.6 Å². The molecule has 110 valence electrons. The highest BCUT2D eigenvalue weighted by Crippen LogP contribution is 2.24. The summed E-state index contributed by atoms with van der Waals surface area (Å²) >= 11 is 0. The Morgan fingerprint density at radius 3 is 2.60 bits per heavy atom. The van der Waals surface area contributed by atoms with Gasteiger partial charge in [0.15, 0.2) is 0 Å². The Morgan fingerprint density at radius 1 is 1.20 bits per heavy atom. The number of aromatic nitrogens is 2. The molecule has 1 saturated heterocycles. The van der Waals surface area contributed by atoms with Gasteiger partial charge in [0.05, 0.1) is 0 Å². The lowest BCUT2D eigenvalue weighted by atomic mass is 9.96. The molecule has 1 aliphatic carbocycles. The van der Waals surface area contributed by atoms with E-state index in [-0.39, 0.29) is 0 Å². The van der Waals surface area contributed by atoms with E-state index in [2.05, 4.69) is 33.2 Å². The summed E-state index contributed by atoms with van der Waals surface area (Å²) in [4.78, 5) is 11.5. The molecule has 2 fully saturated rings. The number of hydrogen-bond donors (Lipinski definition) is 1. The third-order valence-corrected chi connectivity index (χ3v) is 4.45. The van der Waals surface area contributed by atoms with Gasteiger partial charge in [0, 0.05) is 30.9 Å².